The van der Waals surface area contributed by atoms with Crippen LogP contribution in [-0.4, -0.2) is 27.9 Å². The molecule has 0 fully saturated rings. The smallest absolute Gasteiger partial charge is 0.419 e. The zero-order chi connectivity index (χ0) is 19.7. The molecule has 1 N–H and O–H groups in total. The van der Waals surface area contributed by atoms with Gasteiger partial charge < -0.3 is 9.73 Å². The first-order valence-electron chi connectivity index (χ1n) is 8.04. The highest BCUT2D eigenvalue weighted by molar-refractivity contribution is 5.56. The quantitative estimate of drug-likeness (QED) is 0.508. The summed E-state index contributed by atoms with van der Waals surface area (Å²) in [5.74, 6) is -3.42. The van der Waals surface area contributed by atoms with Gasteiger partial charge in [0.25, 0.3) is 5.89 Å². The van der Waals surface area contributed by atoms with E-state index in [9.17, 15) is 26.3 Å². The van der Waals surface area contributed by atoms with Gasteiger partial charge in [0.15, 0.2) is 0 Å². The van der Waals surface area contributed by atoms with E-state index in [1.807, 2.05) is 0 Å². The van der Waals surface area contributed by atoms with Gasteiger partial charge in [-0.1, -0.05) is 12.2 Å². The molecular formula is C16H14F6N4O. The SMILES string of the molecule is FC(F)(F)c1ccc2nc1NCC/C=C\CCC(C(F)(F)F)c1nnc-2o1. The van der Waals surface area contributed by atoms with Crippen molar-refractivity contribution in [3.05, 3.63) is 35.7 Å². The van der Waals surface area contributed by atoms with Crippen molar-refractivity contribution in [1.29, 1.82) is 0 Å². The number of nitrogens with one attached hydrogen (secondary N) is 1. The molecular weight excluding hydrogens is 378 g/mol. The van der Waals surface area contributed by atoms with E-state index < -0.39 is 35.5 Å². The molecule has 3 rings (SSSR count). The number of allylic oxidation sites excluding steroid dienone is 1. The fourth-order valence-corrected chi connectivity index (χ4v) is 2.62. The van der Waals surface area contributed by atoms with Crippen LogP contribution in [0.2, 0.25) is 0 Å². The Hall–Kier alpha value is -2.59. The zero-order valence-corrected chi connectivity index (χ0v) is 13.7. The lowest BCUT2D eigenvalue weighted by atomic mass is 10.0. The van der Waals surface area contributed by atoms with E-state index in [1.165, 1.54) is 6.08 Å². The van der Waals surface area contributed by atoms with Crippen LogP contribution in [0.1, 0.15) is 36.6 Å². The lowest BCUT2D eigenvalue weighted by molar-refractivity contribution is -0.156. The van der Waals surface area contributed by atoms with Gasteiger partial charge in [-0.3, -0.25) is 0 Å². The van der Waals surface area contributed by atoms with Crippen molar-refractivity contribution < 1.29 is 30.8 Å². The minimum atomic E-state index is -4.64. The molecule has 0 saturated carbocycles. The molecule has 146 valence electrons. The van der Waals surface area contributed by atoms with Gasteiger partial charge in [0.05, 0.1) is 5.56 Å². The zero-order valence-electron chi connectivity index (χ0n) is 13.7. The molecule has 0 amide bonds. The number of fused-ring (bicyclic) bond motifs is 5. The number of nitrogens with zero attached hydrogens (tertiary/aromatic N) is 3. The molecule has 1 aliphatic rings. The fourth-order valence-electron chi connectivity index (χ4n) is 2.62. The third-order valence-electron chi connectivity index (χ3n) is 3.95. The maximum Gasteiger partial charge on any atom is 0.419 e. The average molecular weight is 392 g/mol. The molecule has 1 atom stereocenters. The third kappa shape index (κ3) is 4.40. The monoisotopic (exact) mass is 392 g/mol. The molecule has 1 aliphatic heterocycles. The summed E-state index contributed by atoms with van der Waals surface area (Å²) >= 11 is 0. The molecule has 0 radical (unpaired) electrons. The average Bonchev–Trinajstić information content (AvgIpc) is 3.03. The first-order chi connectivity index (χ1) is 12.7. The molecule has 4 bridgehead atoms. The third-order valence-corrected chi connectivity index (χ3v) is 3.95. The van der Waals surface area contributed by atoms with E-state index >= 15 is 0 Å². The summed E-state index contributed by atoms with van der Waals surface area (Å²) in [6.07, 6.45) is -5.93. The maximum absolute atomic E-state index is 13.3. The number of hydrogen-bond donors (Lipinski definition) is 1. The van der Waals surface area contributed by atoms with Crippen molar-refractivity contribution in [2.75, 3.05) is 11.9 Å². The van der Waals surface area contributed by atoms with Gasteiger partial charge in [-0.25, -0.2) is 4.98 Å². The number of hydrogen-bond acceptors (Lipinski definition) is 5. The van der Waals surface area contributed by atoms with Crippen LogP contribution in [0.25, 0.3) is 11.6 Å². The highest BCUT2D eigenvalue weighted by atomic mass is 19.4. The van der Waals surface area contributed by atoms with Gasteiger partial charge in [0, 0.05) is 6.54 Å². The number of alkyl halides is 6. The number of rotatable bonds is 0. The van der Waals surface area contributed by atoms with Gasteiger partial charge in [-0.15, -0.1) is 10.2 Å². The molecule has 2 aromatic rings. The molecule has 0 spiro atoms. The Labute approximate surface area is 149 Å². The van der Waals surface area contributed by atoms with E-state index in [4.69, 9.17) is 4.42 Å². The summed E-state index contributed by atoms with van der Waals surface area (Å²) < 4.78 is 84.4. The summed E-state index contributed by atoms with van der Waals surface area (Å²) in [6, 6.07) is 1.76. The van der Waals surface area contributed by atoms with Gasteiger partial charge in [-0.05, 0) is 31.4 Å². The Morgan fingerprint density at radius 1 is 1.00 bits per heavy atom. The van der Waals surface area contributed by atoms with Gasteiger partial charge >= 0.3 is 12.4 Å². The molecule has 0 aliphatic carbocycles. The van der Waals surface area contributed by atoms with Crippen LogP contribution >= 0.6 is 0 Å². The highest BCUT2D eigenvalue weighted by Crippen LogP contribution is 2.39. The van der Waals surface area contributed by atoms with E-state index in [-0.39, 0.29) is 31.0 Å². The Kier molecular flexibility index (Phi) is 5.11. The van der Waals surface area contributed by atoms with Crippen molar-refractivity contribution in [2.45, 2.75) is 37.5 Å². The van der Waals surface area contributed by atoms with Crippen LogP contribution < -0.4 is 5.32 Å². The highest BCUT2D eigenvalue weighted by Gasteiger charge is 2.44. The van der Waals surface area contributed by atoms with Gasteiger partial charge in [0.1, 0.15) is 17.4 Å². The van der Waals surface area contributed by atoms with Crippen molar-refractivity contribution in [2.24, 2.45) is 0 Å². The second kappa shape index (κ2) is 7.20. The summed E-state index contributed by atoms with van der Waals surface area (Å²) in [7, 11) is 0. The van der Waals surface area contributed by atoms with Gasteiger partial charge in [0.2, 0.25) is 5.89 Å². The molecule has 2 aromatic heterocycles. The number of halogens is 6. The lowest BCUT2D eigenvalue weighted by Crippen LogP contribution is -2.21. The van der Waals surface area contributed by atoms with Gasteiger partial charge in [-0.2, -0.15) is 26.3 Å². The minimum absolute atomic E-state index is 0.110. The summed E-state index contributed by atoms with van der Waals surface area (Å²) in [5.41, 5.74) is -1.13. The van der Waals surface area contributed by atoms with Crippen LogP contribution in [0.5, 0.6) is 0 Å². The molecule has 0 saturated heterocycles. The van der Waals surface area contributed by atoms with Crippen molar-refractivity contribution in [1.82, 2.24) is 15.2 Å². The van der Waals surface area contributed by atoms with Crippen molar-refractivity contribution in [3.8, 4) is 11.6 Å². The van der Waals surface area contributed by atoms with E-state index in [2.05, 4.69) is 20.5 Å². The summed E-state index contributed by atoms with van der Waals surface area (Å²) in [6.45, 7) is 0.133. The lowest BCUT2D eigenvalue weighted by Gasteiger charge is -2.16. The topological polar surface area (TPSA) is 63.8 Å². The van der Waals surface area contributed by atoms with Crippen LogP contribution in [-0.2, 0) is 6.18 Å². The Morgan fingerprint density at radius 2 is 1.74 bits per heavy atom. The normalized spacial score (nSPS) is 19.9. The molecule has 1 unspecified atom stereocenters. The predicted octanol–water partition coefficient (Wildman–Crippen LogP) is 4.95. The van der Waals surface area contributed by atoms with Crippen LogP contribution in [0, 0.1) is 0 Å². The first kappa shape index (κ1) is 19.2. The number of pyridine rings is 1. The second-order valence-corrected chi connectivity index (χ2v) is 5.89. The molecule has 11 heteroatoms. The maximum atomic E-state index is 13.3. The Morgan fingerprint density at radius 3 is 2.44 bits per heavy atom. The minimum Gasteiger partial charge on any atom is -0.419 e. The second-order valence-electron chi connectivity index (χ2n) is 5.89. The first-order valence-corrected chi connectivity index (χ1v) is 8.04. The van der Waals surface area contributed by atoms with Crippen LogP contribution in [0.3, 0.4) is 0 Å². The molecule has 0 aromatic carbocycles. The van der Waals surface area contributed by atoms with Crippen molar-refractivity contribution >= 4 is 5.82 Å². The van der Waals surface area contributed by atoms with Crippen LogP contribution in [0.4, 0.5) is 32.2 Å². The summed E-state index contributed by atoms with van der Waals surface area (Å²) in [5, 5.41) is 9.56. The fraction of sp³-hybridized carbons (Fsp3) is 0.438. The van der Waals surface area contributed by atoms with E-state index in [0.29, 0.717) is 6.42 Å². The van der Waals surface area contributed by atoms with E-state index in [0.717, 1.165) is 12.1 Å². The Balaban J connectivity index is 2.06. The molecule has 5 nitrogen and oxygen atoms in total. The van der Waals surface area contributed by atoms with E-state index in [1.54, 1.807) is 6.08 Å². The molecule has 3 heterocycles. The van der Waals surface area contributed by atoms with Crippen LogP contribution in [0.15, 0.2) is 28.7 Å². The predicted molar refractivity (Wildman–Crippen MR) is 82.8 cm³/mol. The molecule has 27 heavy (non-hydrogen) atoms. The number of anilines is 1. The number of aromatic nitrogens is 3. The summed E-state index contributed by atoms with van der Waals surface area (Å²) in [4.78, 5) is 3.83. The van der Waals surface area contributed by atoms with Crippen molar-refractivity contribution in [3.63, 3.8) is 0 Å². The Bertz CT molecular complexity index is 827. The largest absolute Gasteiger partial charge is 0.419 e. The standard InChI is InChI=1S/C16H14F6N4O/c17-15(18,19)9-6-7-11-14-26-25-13(27-14)10(16(20,21)22)5-3-1-2-4-8-23-12(9)24-11/h1-2,6-7,10H,3-5,8H2,(H,23,24)/b2-1-.